The van der Waals surface area contributed by atoms with Gasteiger partial charge in [-0.2, -0.15) is 0 Å². The van der Waals surface area contributed by atoms with E-state index in [-0.39, 0.29) is 5.91 Å². The molecule has 8 heteroatoms. The van der Waals surface area contributed by atoms with Crippen LogP contribution >= 0.6 is 35.0 Å². The summed E-state index contributed by atoms with van der Waals surface area (Å²) in [5.74, 6) is 1.70. The summed E-state index contributed by atoms with van der Waals surface area (Å²) >= 11 is 13.8. The second kappa shape index (κ2) is 10.3. The lowest BCUT2D eigenvalue weighted by atomic mass is 10.2. The van der Waals surface area contributed by atoms with E-state index in [1.165, 1.54) is 11.8 Å². The highest BCUT2D eigenvalue weighted by atomic mass is 35.5. The van der Waals surface area contributed by atoms with Crippen molar-refractivity contribution in [2.45, 2.75) is 5.75 Å². The molecule has 5 nitrogen and oxygen atoms in total. The van der Waals surface area contributed by atoms with Crippen molar-refractivity contribution >= 4 is 57.8 Å². The largest absolute Gasteiger partial charge is 0.497 e. The molecule has 0 N–H and O–H groups in total. The van der Waals surface area contributed by atoms with Gasteiger partial charge in [-0.25, -0.2) is 4.99 Å². The van der Waals surface area contributed by atoms with Crippen LogP contribution in [0.4, 0.5) is 5.69 Å². The monoisotopic (exact) mass is 498 g/mol. The van der Waals surface area contributed by atoms with Gasteiger partial charge in [0.05, 0.1) is 19.9 Å². The Labute approximate surface area is 206 Å². The van der Waals surface area contributed by atoms with Crippen LogP contribution in [0.1, 0.15) is 11.1 Å². The summed E-state index contributed by atoms with van der Waals surface area (Å²) in [4.78, 5) is 19.6. The van der Waals surface area contributed by atoms with Gasteiger partial charge in [0, 0.05) is 21.9 Å². The van der Waals surface area contributed by atoms with Gasteiger partial charge < -0.3 is 9.47 Å². The molecule has 1 amide bonds. The molecule has 1 aliphatic heterocycles. The SMILES string of the molecule is COc1ccc(C=C2N=C(SCc3ccc(Cl)cc3Cl)N(c3cccc(OC)c3)C2=O)cc1. The van der Waals surface area contributed by atoms with E-state index in [4.69, 9.17) is 32.7 Å². The van der Waals surface area contributed by atoms with E-state index < -0.39 is 0 Å². The summed E-state index contributed by atoms with van der Waals surface area (Å²) in [5, 5.41) is 1.70. The number of methoxy groups -OCH3 is 2. The number of carbonyl (C=O) groups is 1. The summed E-state index contributed by atoms with van der Waals surface area (Å²) in [6.45, 7) is 0. The van der Waals surface area contributed by atoms with Crippen LogP contribution < -0.4 is 14.4 Å². The highest BCUT2D eigenvalue weighted by molar-refractivity contribution is 8.13. The second-order valence-electron chi connectivity index (χ2n) is 7.06. The molecule has 1 heterocycles. The van der Waals surface area contributed by atoms with Gasteiger partial charge in [-0.1, -0.05) is 59.2 Å². The van der Waals surface area contributed by atoms with Gasteiger partial charge in [-0.15, -0.1) is 0 Å². The van der Waals surface area contributed by atoms with Crippen LogP contribution in [-0.4, -0.2) is 25.3 Å². The van der Waals surface area contributed by atoms with E-state index >= 15 is 0 Å². The summed E-state index contributed by atoms with van der Waals surface area (Å²) in [6.07, 6.45) is 1.76. The molecule has 0 bridgehead atoms. The van der Waals surface area contributed by atoms with Gasteiger partial charge in [-0.05, 0) is 53.6 Å². The lowest BCUT2D eigenvalue weighted by molar-refractivity contribution is -0.113. The molecule has 0 radical (unpaired) electrons. The van der Waals surface area contributed by atoms with Crippen molar-refractivity contribution in [1.82, 2.24) is 0 Å². The maximum atomic E-state index is 13.4. The first-order valence-electron chi connectivity index (χ1n) is 9.98. The number of hydrogen-bond acceptors (Lipinski definition) is 5. The first-order valence-corrected chi connectivity index (χ1v) is 11.7. The highest BCUT2D eigenvalue weighted by Crippen LogP contribution is 2.34. The normalized spacial score (nSPS) is 14.5. The van der Waals surface area contributed by atoms with Gasteiger partial charge in [-0.3, -0.25) is 9.69 Å². The van der Waals surface area contributed by atoms with Gasteiger partial charge >= 0.3 is 0 Å². The van der Waals surface area contributed by atoms with Crippen LogP contribution in [0.5, 0.6) is 11.5 Å². The van der Waals surface area contributed by atoms with Crippen molar-refractivity contribution in [2.75, 3.05) is 19.1 Å². The number of benzene rings is 3. The molecule has 0 saturated heterocycles. The zero-order valence-electron chi connectivity index (χ0n) is 17.9. The molecule has 168 valence electrons. The van der Waals surface area contributed by atoms with Crippen molar-refractivity contribution in [3.8, 4) is 11.5 Å². The number of rotatable bonds is 6. The van der Waals surface area contributed by atoms with Crippen LogP contribution in [0, 0.1) is 0 Å². The van der Waals surface area contributed by atoms with E-state index in [9.17, 15) is 4.79 Å². The number of amidine groups is 1. The van der Waals surface area contributed by atoms with Crippen LogP contribution in [-0.2, 0) is 10.5 Å². The lowest BCUT2D eigenvalue weighted by Crippen LogP contribution is -2.30. The molecule has 3 aromatic carbocycles. The van der Waals surface area contributed by atoms with E-state index in [0.29, 0.717) is 38.1 Å². The summed E-state index contributed by atoms with van der Waals surface area (Å²) in [7, 11) is 3.20. The topological polar surface area (TPSA) is 51.1 Å². The lowest BCUT2D eigenvalue weighted by Gasteiger charge is -2.18. The Balaban J connectivity index is 1.67. The zero-order valence-corrected chi connectivity index (χ0v) is 20.2. The first-order chi connectivity index (χ1) is 16.0. The molecule has 0 unspecified atom stereocenters. The minimum Gasteiger partial charge on any atom is -0.497 e. The molecule has 33 heavy (non-hydrogen) atoms. The third-order valence-electron chi connectivity index (χ3n) is 4.93. The quantitative estimate of drug-likeness (QED) is 0.355. The molecule has 0 atom stereocenters. The predicted octanol–water partition coefficient (Wildman–Crippen LogP) is 6.69. The van der Waals surface area contributed by atoms with Gasteiger partial charge in [0.25, 0.3) is 5.91 Å². The Morgan fingerprint density at radius 3 is 2.42 bits per heavy atom. The molecule has 0 saturated carbocycles. The Hall–Kier alpha value is -2.93. The fourth-order valence-electron chi connectivity index (χ4n) is 3.21. The van der Waals surface area contributed by atoms with Crippen molar-refractivity contribution in [3.05, 3.63) is 93.6 Å². The Kier molecular flexibility index (Phi) is 7.28. The maximum Gasteiger partial charge on any atom is 0.283 e. The molecule has 0 aromatic heterocycles. The standard InChI is InChI=1S/C25H20Cl2N2O3S/c1-31-20-10-6-16(7-11-20)12-23-24(30)29(19-4-3-5-21(14-19)32-2)25(28-23)33-15-17-8-9-18(26)13-22(17)27/h3-14H,15H2,1-2H3. The minimum absolute atomic E-state index is 0.219. The third kappa shape index (κ3) is 5.36. The molecule has 4 rings (SSSR count). The molecule has 0 aliphatic carbocycles. The van der Waals surface area contributed by atoms with E-state index in [1.54, 1.807) is 43.4 Å². The van der Waals surface area contributed by atoms with Crippen LogP contribution in [0.25, 0.3) is 6.08 Å². The van der Waals surface area contributed by atoms with Gasteiger partial charge in [0.1, 0.15) is 17.2 Å². The summed E-state index contributed by atoms with van der Waals surface area (Å²) < 4.78 is 10.6. The fraction of sp³-hybridized carbons (Fsp3) is 0.120. The Morgan fingerprint density at radius 2 is 1.73 bits per heavy atom. The van der Waals surface area contributed by atoms with Gasteiger partial charge in [0.2, 0.25) is 0 Å². The highest BCUT2D eigenvalue weighted by Gasteiger charge is 2.32. The van der Waals surface area contributed by atoms with Crippen LogP contribution in [0.2, 0.25) is 10.0 Å². The smallest absolute Gasteiger partial charge is 0.283 e. The molecule has 0 spiro atoms. The molecule has 1 aliphatic rings. The average molecular weight is 499 g/mol. The predicted molar refractivity (Wildman–Crippen MR) is 137 cm³/mol. The molecular weight excluding hydrogens is 479 g/mol. The average Bonchev–Trinajstić information content (AvgIpc) is 3.13. The number of halogens is 2. The first kappa shape index (κ1) is 23.2. The fourth-order valence-corrected chi connectivity index (χ4v) is 4.78. The number of anilines is 1. The Bertz CT molecular complexity index is 1240. The number of nitrogens with zero attached hydrogens (tertiary/aromatic N) is 2. The van der Waals surface area contributed by atoms with Gasteiger partial charge in [0.15, 0.2) is 5.17 Å². The molecular formula is C25H20Cl2N2O3S. The number of hydrogen-bond donors (Lipinski definition) is 0. The number of thioether (sulfide) groups is 1. The van der Waals surface area contributed by atoms with E-state index in [0.717, 1.165) is 16.9 Å². The second-order valence-corrected chi connectivity index (χ2v) is 8.85. The van der Waals surface area contributed by atoms with Crippen LogP contribution in [0.15, 0.2) is 77.4 Å². The molecule has 3 aromatic rings. The number of ether oxygens (including phenoxy) is 2. The number of aliphatic imine (C=N–C) groups is 1. The minimum atomic E-state index is -0.219. The van der Waals surface area contributed by atoms with E-state index in [1.807, 2.05) is 48.5 Å². The Morgan fingerprint density at radius 1 is 0.970 bits per heavy atom. The van der Waals surface area contributed by atoms with Crippen molar-refractivity contribution in [2.24, 2.45) is 4.99 Å². The molecule has 0 fully saturated rings. The summed E-state index contributed by atoms with van der Waals surface area (Å²) in [6, 6.07) is 20.1. The zero-order chi connectivity index (χ0) is 23.4. The van der Waals surface area contributed by atoms with E-state index in [2.05, 4.69) is 4.99 Å². The van der Waals surface area contributed by atoms with Crippen molar-refractivity contribution < 1.29 is 14.3 Å². The van der Waals surface area contributed by atoms with Crippen molar-refractivity contribution in [3.63, 3.8) is 0 Å². The number of amides is 1. The maximum absolute atomic E-state index is 13.4. The number of carbonyl (C=O) groups excluding carboxylic acids is 1. The van der Waals surface area contributed by atoms with Crippen LogP contribution in [0.3, 0.4) is 0 Å². The summed E-state index contributed by atoms with van der Waals surface area (Å²) in [5.41, 5.74) is 2.76. The van der Waals surface area contributed by atoms with Crippen molar-refractivity contribution in [1.29, 1.82) is 0 Å². The third-order valence-corrected chi connectivity index (χ3v) is 6.51.